The van der Waals surface area contributed by atoms with Crippen molar-refractivity contribution < 1.29 is 9.53 Å². The molecule has 2 atom stereocenters. The Morgan fingerprint density at radius 1 is 1.29 bits per heavy atom. The van der Waals surface area contributed by atoms with E-state index in [0.717, 1.165) is 45.8 Å². The first-order chi connectivity index (χ1) is 11.7. The van der Waals surface area contributed by atoms with Crippen molar-refractivity contribution in [3.05, 3.63) is 12.7 Å². The summed E-state index contributed by atoms with van der Waals surface area (Å²) in [6.07, 6.45) is 3.28. The number of hydrogen-bond acceptors (Lipinski definition) is 6. The third-order valence-electron chi connectivity index (χ3n) is 5.06. The van der Waals surface area contributed by atoms with Crippen LogP contribution in [0, 0.1) is 0 Å². The number of rotatable bonds is 5. The molecular weight excluding hydrogens is 308 g/mol. The van der Waals surface area contributed by atoms with E-state index in [9.17, 15) is 4.79 Å². The molecule has 24 heavy (non-hydrogen) atoms. The molecule has 0 aromatic carbocycles. The Labute approximate surface area is 143 Å². The first-order valence-corrected chi connectivity index (χ1v) is 8.86. The Hall–Kier alpha value is -1.51. The Kier molecular flexibility index (Phi) is 5.80. The number of carbonyl (C=O) groups is 1. The molecule has 0 bridgehead atoms. The van der Waals surface area contributed by atoms with E-state index in [0.29, 0.717) is 13.2 Å². The molecule has 0 N–H and O–H groups in total. The van der Waals surface area contributed by atoms with Gasteiger partial charge in [0.1, 0.15) is 12.7 Å². The van der Waals surface area contributed by atoms with Crippen molar-refractivity contribution in [3.63, 3.8) is 0 Å². The van der Waals surface area contributed by atoms with Crippen LogP contribution in [0.5, 0.6) is 0 Å². The maximum absolute atomic E-state index is 12.8. The van der Waals surface area contributed by atoms with Crippen LogP contribution in [0.3, 0.4) is 0 Å². The number of morpholine rings is 1. The zero-order valence-electron chi connectivity index (χ0n) is 14.7. The molecule has 2 saturated heterocycles. The molecule has 2 aliphatic rings. The predicted molar refractivity (Wildman–Crippen MR) is 89.5 cm³/mol. The van der Waals surface area contributed by atoms with Crippen LogP contribution >= 0.6 is 0 Å². The molecule has 2 aliphatic heterocycles. The van der Waals surface area contributed by atoms with Crippen LogP contribution in [0.2, 0.25) is 0 Å². The fraction of sp³-hybridized carbons (Fsp3) is 0.812. The van der Waals surface area contributed by atoms with Crippen LogP contribution in [0.15, 0.2) is 12.7 Å². The van der Waals surface area contributed by atoms with Crippen molar-refractivity contribution in [2.45, 2.75) is 32.5 Å². The van der Waals surface area contributed by atoms with Gasteiger partial charge in [0.15, 0.2) is 0 Å². The number of piperazine rings is 1. The highest BCUT2D eigenvalue weighted by Gasteiger charge is 2.31. The summed E-state index contributed by atoms with van der Waals surface area (Å²) in [7, 11) is 0. The Morgan fingerprint density at radius 2 is 2.08 bits per heavy atom. The largest absolute Gasteiger partial charge is 0.374 e. The van der Waals surface area contributed by atoms with Gasteiger partial charge in [-0.2, -0.15) is 5.10 Å². The van der Waals surface area contributed by atoms with Gasteiger partial charge < -0.3 is 14.5 Å². The normalized spacial score (nSPS) is 24.9. The van der Waals surface area contributed by atoms with Gasteiger partial charge in [-0.1, -0.05) is 6.92 Å². The second-order valence-electron chi connectivity index (χ2n) is 6.54. The molecule has 3 rings (SSSR count). The fourth-order valence-electron chi connectivity index (χ4n) is 3.44. The zero-order valence-corrected chi connectivity index (χ0v) is 14.7. The first-order valence-electron chi connectivity index (χ1n) is 8.86. The van der Waals surface area contributed by atoms with E-state index in [1.54, 1.807) is 11.0 Å². The number of hydrogen-bond donors (Lipinski definition) is 0. The topological polar surface area (TPSA) is 66.7 Å². The van der Waals surface area contributed by atoms with Crippen molar-refractivity contribution in [2.24, 2.45) is 0 Å². The average molecular weight is 336 g/mol. The highest BCUT2D eigenvalue weighted by Crippen LogP contribution is 2.13. The van der Waals surface area contributed by atoms with Crippen LogP contribution in [-0.4, -0.2) is 99.9 Å². The molecule has 0 aliphatic carbocycles. The highest BCUT2D eigenvalue weighted by atomic mass is 16.5. The second-order valence-corrected chi connectivity index (χ2v) is 6.54. The molecule has 2 unspecified atom stereocenters. The van der Waals surface area contributed by atoms with Crippen molar-refractivity contribution >= 4 is 5.91 Å². The van der Waals surface area contributed by atoms with Crippen molar-refractivity contribution in [1.82, 2.24) is 29.5 Å². The van der Waals surface area contributed by atoms with Gasteiger partial charge in [-0.05, 0) is 13.5 Å². The molecule has 3 heterocycles. The monoisotopic (exact) mass is 336 g/mol. The minimum absolute atomic E-state index is 0.0487. The van der Waals surface area contributed by atoms with E-state index in [1.807, 2.05) is 11.8 Å². The maximum atomic E-state index is 12.8. The van der Waals surface area contributed by atoms with Crippen LogP contribution in [0.25, 0.3) is 0 Å². The highest BCUT2D eigenvalue weighted by molar-refractivity contribution is 5.81. The lowest BCUT2D eigenvalue weighted by Gasteiger charge is -2.40. The van der Waals surface area contributed by atoms with E-state index in [-0.39, 0.29) is 18.1 Å². The number of aromatic nitrogens is 3. The van der Waals surface area contributed by atoms with E-state index >= 15 is 0 Å². The summed E-state index contributed by atoms with van der Waals surface area (Å²) in [5.74, 6) is 0.243. The Balaban J connectivity index is 1.52. The Bertz CT molecular complexity index is 515. The van der Waals surface area contributed by atoms with Crippen molar-refractivity contribution in [3.8, 4) is 0 Å². The number of nitrogens with zero attached hydrogens (tertiary/aromatic N) is 6. The van der Waals surface area contributed by atoms with Crippen molar-refractivity contribution in [2.75, 3.05) is 52.4 Å². The summed E-state index contributed by atoms with van der Waals surface area (Å²) in [5.41, 5.74) is 0. The van der Waals surface area contributed by atoms with Gasteiger partial charge in [0.05, 0.1) is 25.3 Å². The second kappa shape index (κ2) is 8.04. The molecule has 8 heteroatoms. The lowest BCUT2D eigenvalue weighted by atomic mass is 10.1. The molecular formula is C16H28N6O2. The smallest absolute Gasteiger partial charge is 0.239 e. The number of ether oxygens (including phenoxy) is 1. The molecule has 2 fully saturated rings. The summed E-state index contributed by atoms with van der Waals surface area (Å²) in [6, 6.07) is -0.0969. The van der Waals surface area contributed by atoms with Crippen LogP contribution in [0.4, 0.5) is 0 Å². The van der Waals surface area contributed by atoms with Crippen molar-refractivity contribution in [1.29, 1.82) is 0 Å². The molecule has 1 amide bonds. The lowest BCUT2D eigenvalue weighted by Crippen LogP contribution is -2.57. The van der Waals surface area contributed by atoms with E-state index in [2.05, 4.69) is 26.8 Å². The summed E-state index contributed by atoms with van der Waals surface area (Å²) >= 11 is 0. The average Bonchev–Trinajstić information content (AvgIpc) is 3.14. The number of amides is 1. The summed E-state index contributed by atoms with van der Waals surface area (Å²) in [6.45, 7) is 11.8. The summed E-state index contributed by atoms with van der Waals surface area (Å²) in [5, 5.41) is 4.13. The van der Waals surface area contributed by atoms with Crippen LogP contribution in [0.1, 0.15) is 13.8 Å². The third-order valence-corrected chi connectivity index (χ3v) is 5.06. The van der Waals surface area contributed by atoms with Crippen LogP contribution < -0.4 is 0 Å². The molecule has 8 nitrogen and oxygen atoms in total. The predicted octanol–water partition coefficient (Wildman–Crippen LogP) is -0.468. The van der Waals surface area contributed by atoms with Crippen LogP contribution in [-0.2, 0) is 16.1 Å². The lowest BCUT2D eigenvalue weighted by molar-refractivity contribution is -0.141. The first kappa shape index (κ1) is 17.3. The van der Waals surface area contributed by atoms with E-state index < -0.39 is 0 Å². The van der Waals surface area contributed by atoms with Gasteiger partial charge in [0.2, 0.25) is 5.91 Å². The van der Waals surface area contributed by atoms with E-state index in [1.165, 1.54) is 6.33 Å². The van der Waals surface area contributed by atoms with E-state index in [4.69, 9.17) is 4.74 Å². The fourth-order valence-corrected chi connectivity index (χ4v) is 3.44. The molecule has 0 radical (unpaired) electrons. The van der Waals surface area contributed by atoms with Gasteiger partial charge >= 0.3 is 0 Å². The van der Waals surface area contributed by atoms with Gasteiger partial charge in [-0.15, -0.1) is 0 Å². The standard InChI is InChI=1S/C16H28N6O2/c1-3-19-4-6-20(7-5-19)16(23)14(2)21-8-9-24-15(10-21)11-22-13-17-12-18-22/h12-15H,3-11H2,1-2H3. The number of likely N-dealkylation sites (N-methyl/N-ethyl adjacent to an activating group) is 1. The molecule has 0 spiro atoms. The van der Waals surface area contributed by atoms with Gasteiger partial charge in [0, 0.05) is 39.3 Å². The quantitative estimate of drug-likeness (QED) is 0.724. The zero-order chi connectivity index (χ0) is 16.9. The third kappa shape index (κ3) is 4.12. The number of carbonyl (C=O) groups excluding carboxylic acids is 1. The molecule has 0 saturated carbocycles. The van der Waals surface area contributed by atoms with Gasteiger partial charge in [0.25, 0.3) is 0 Å². The summed E-state index contributed by atoms with van der Waals surface area (Å²) < 4.78 is 7.61. The Morgan fingerprint density at radius 3 is 2.75 bits per heavy atom. The van der Waals surface area contributed by atoms with Gasteiger partial charge in [-0.3, -0.25) is 14.4 Å². The van der Waals surface area contributed by atoms with Gasteiger partial charge in [-0.25, -0.2) is 4.98 Å². The molecule has 134 valence electrons. The summed E-state index contributed by atoms with van der Waals surface area (Å²) in [4.78, 5) is 23.4. The SMILES string of the molecule is CCN1CCN(C(=O)C(C)N2CCOC(Cn3cncn3)C2)CC1. The minimum Gasteiger partial charge on any atom is -0.374 e. The molecule has 1 aromatic rings. The molecule has 1 aromatic heterocycles. The minimum atomic E-state index is -0.0969. The maximum Gasteiger partial charge on any atom is 0.239 e.